The number of hydrogen-bond acceptors (Lipinski definition) is 7. The molecule has 8 nitrogen and oxygen atoms in total. The van der Waals surface area contributed by atoms with Gasteiger partial charge >= 0.3 is 5.97 Å². The van der Waals surface area contributed by atoms with Crippen LogP contribution in [0.3, 0.4) is 0 Å². The van der Waals surface area contributed by atoms with Gasteiger partial charge in [-0.15, -0.1) is 11.3 Å². The predicted molar refractivity (Wildman–Crippen MR) is 149 cm³/mol. The molecule has 11 heteroatoms. The van der Waals surface area contributed by atoms with Crippen LogP contribution in [-0.2, 0) is 9.59 Å². The average molecular weight is 597 g/mol. The normalized spacial score (nSPS) is 19.9. The zero-order valence-electron chi connectivity index (χ0n) is 21.1. The highest BCUT2D eigenvalue weighted by atomic mass is 35.5. The summed E-state index contributed by atoms with van der Waals surface area (Å²) in [4.78, 5) is 66.6. The number of imide groups is 1. The van der Waals surface area contributed by atoms with E-state index in [0.29, 0.717) is 11.3 Å². The van der Waals surface area contributed by atoms with E-state index < -0.39 is 47.9 Å². The zero-order valence-corrected chi connectivity index (χ0v) is 23.4. The van der Waals surface area contributed by atoms with Gasteiger partial charge in [-0.2, -0.15) is 5.01 Å². The van der Waals surface area contributed by atoms with Crippen molar-refractivity contribution in [3.63, 3.8) is 0 Å². The summed E-state index contributed by atoms with van der Waals surface area (Å²) in [5.74, 6) is -4.12. The minimum atomic E-state index is -0.755. The number of allylic oxidation sites excluding steroid dienone is 2. The Hall–Kier alpha value is -3.79. The van der Waals surface area contributed by atoms with Crippen LogP contribution in [0.4, 0.5) is 0 Å². The molecule has 0 radical (unpaired) electrons. The van der Waals surface area contributed by atoms with Crippen LogP contribution < -0.4 is 4.74 Å². The molecule has 2 heterocycles. The summed E-state index contributed by atoms with van der Waals surface area (Å²) in [7, 11) is 0. The van der Waals surface area contributed by atoms with E-state index in [9.17, 15) is 24.0 Å². The predicted octanol–water partition coefficient (Wildman–Crippen LogP) is 5.71. The Balaban J connectivity index is 1.41. The maximum atomic E-state index is 13.7. The number of nitrogens with zero attached hydrogens (tertiary/aromatic N) is 2. The SMILES string of the molecule is C[C@@H]1C=CC[C@H]2C(=O)N(N(CC(=O)c3ccc(OC(=O)c4cccs4)cc3)C(=O)c3ccc(Cl)c(Cl)c3)C(=O)[C@@H]12. The maximum Gasteiger partial charge on any atom is 0.353 e. The highest BCUT2D eigenvalue weighted by molar-refractivity contribution is 7.12. The number of carbonyl (C=O) groups excluding carboxylic acids is 5. The van der Waals surface area contributed by atoms with Gasteiger partial charge in [-0.25, -0.2) is 9.80 Å². The third kappa shape index (κ3) is 5.32. The minimum absolute atomic E-state index is 0.0553. The van der Waals surface area contributed by atoms with E-state index in [2.05, 4.69) is 0 Å². The fourth-order valence-corrected chi connectivity index (χ4v) is 5.77. The number of Topliss-reactive ketones (excluding diaryl/α,β-unsaturated/α-hetero) is 1. The first-order valence-corrected chi connectivity index (χ1v) is 14.0. The number of hydrazine groups is 1. The van der Waals surface area contributed by atoms with Crippen molar-refractivity contribution in [1.29, 1.82) is 0 Å². The van der Waals surface area contributed by atoms with Crippen LogP contribution in [0.15, 0.2) is 72.1 Å². The molecule has 0 saturated carbocycles. The molecule has 0 spiro atoms. The first-order chi connectivity index (χ1) is 19.2. The molecule has 3 amide bonds. The Morgan fingerprint density at radius 1 is 1.00 bits per heavy atom. The van der Waals surface area contributed by atoms with Gasteiger partial charge in [-0.05, 0) is 66.2 Å². The molecular weight excluding hydrogens is 575 g/mol. The average Bonchev–Trinajstić information content (AvgIpc) is 3.57. The Labute approximate surface area is 243 Å². The van der Waals surface area contributed by atoms with E-state index in [0.717, 1.165) is 10.0 Å². The number of esters is 1. The monoisotopic (exact) mass is 596 g/mol. The lowest BCUT2D eigenvalue weighted by atomic mass is 9.78. The molecule has 0 bridgehead atoms. The number of benzene rings is 2. The van der Waals surface area contributed by atoms with Crippen molar-refractivity contribution in [3.05, 3.63) is 98.2 Å². The number of carbonyl (C=O) groups is 5. The Kier molecular flexibility index (Phi) is 7.89. The van der Waals surface area contributed by atoms with Crippen molar-refractivity contribution in [2.75, 3.05) is 6.54 Å². The molecule has 3 atom stereocenters. The van der Waals surface area contributed by atoms with Gasteiger partial charge in [0.25, 0.3) is 17.7 Å². The van der Waals surface area contributed by atoms with Crippen molar-refractivity contribution in [1.82, 2.24) is 10.0 Å². The van der Waals surface area contributed by atoms with E-state index in [1.165, 1.54) is 53.8 Å². The molecule has 1 aliphatic heterocycles. The number of rotatable bonds is 7. The molecule has 0 N–H and O–H groups in total. The second kappa shape index (κ2) is 11.4. The summed E-state index contributed by atoms with van der Waals surface area (Å²) < 4.78 is 5.33. The van der Waals surface area contributed by atoms with Gasteiger partial charge in [-0.1, -0.05) is 48.3 Å². The van der Waals surface area contributed by atoms with E-state index in [1.54, 1.807) is 17.5 Å². The molecule has 40 heavy (non-hydrogen) atoms. The highest BCUT2D eigenvalue weighted by Crippen LogP contribution is 2.39. The quantitative estimate of drug-likeness (QED) is 0.114. The highest BCUT2D eigenvalue weighted by Gasteiger charge is 2.53. The number of halogens is 2. The maximum absolute atomic E-state index is 13.7. The Morgan fingerprint density at radius 3 is 2.38 bits per heavy atom. The molecule has 5 rings (SSSR count). The number of ether oxygens (including phenoxy) is 1. The van der Waals surface area contributed by atoms with Crippen LogP contribution in [0.1, 0.15) is 43.7 Å². The lowest BCUT2D eigenvalue weighted by molar-refractivity contribution is -0.154. The largest absolute Gasteiger partial charge is 0.422 e. The summed E-state index contributed by atoms with van der Waals surface area (Å²) >= 11 is 13.4. The van der Waals surface area contributed by atoms with Crippen molar-refractivity contribution < 1.29 is 28.7 Å². The lowest BCUT2D eigenvalue weighted by Crippen LogP contribution is -2.52. The Morgan fingerprint density at radius 2 is 1.73 bits per heavy atom. The Bertz CT molecular complexity index is 1540. The summed E-state index contributed by atoms with van der Waals surface area (Å²) in [6, 6.07) is 13.3. The minimum Gasteiger partial charge on any atom is -0.422 e. The van der Waals surface area contributed by atoms with Crippen molar-refractivity contribution in [3.8, 4) is 5.75 Å². The van der Waals surface area contributed by atoms with Crippen molar-refractivity contribution in [2.45, 2.75) is 13.3 Å². The summed E-state index contributed by atoms with van der Waals surface area (Å²) in [6.07, 6.45) is 4.09. The van der Waals surface area contributed by atoms with Gasteiger partial charge in [0, 0.05) is 11.1 Å². The molecule has 204 valence electrons. The van der Waals surface area contributed by atoms with E-state index in [4.69, 9.17) is 27.9 Å². The number of ketones is 1. The molecule has 2 aromatic carbocycles. The van der Waals surface area contributed by atoms with E-state index in [-0.39, 0.29) is 32.8 Å². The van der Waals surface area contributed by atoms with Gasteiger partial charge in [0.1, 0.15) is 17.2 Å². The second-order valence-corrected chi connectivity index (χ2v) is 11.2. The summed E-state index contributed by atoms with van der Waals surface area (Å²) in [5.41, 5.74) is 0.245. The fraction of sp³-hybridized carbons (Fsp3) is 0.207. The van der Waals surface area contributed by atoms with E-state index >= 15 is 0 Å². The third-order valence-corrected chi connectivity index (χ3v) is 8.48. The number of thiophene rings is 1. The molecular formula is C29H22Cl2N2O6S. The first-order valence-electron chi connectivity index (χ1n) is 12.4. The topological polar surface area (TPSA) is 101 Å². The molecule has 2 aliphatic rings. The standard InChI is InChI=1S/C29H22Cl2N2O6S/c1-16-4-2-5-20-25(16)28(37)33(27(20)36)32(26(35)18-9-12-21(30)22(31)14-18)15-23(34)17-7-10-19(11-8-17)39-29(38)24-6-3-13-40-24/h2-4,6-14,16,20,25H,5,15H2,1H3/t16-,20-,25+/m1/s1. The van der Waals surface area contributed by atoms with E-state index in [1.807, 2.05) is 19.1 Å². The third-order valence-electron chi connectivity index (χ3n) is 6.89. The second-order valence-electron chi connectivity index (χ2n) is 9.45. The van der Waals surface area contributed by atoms with Gasteiger partial charge in [0.05, 0.1) is 21.9 Å². The number of hydrogen-bond donors (Lipinski definition) is 0. The van der Waals surface area contributed by atoms with Crippen LogP contribution in [-0.4, -0.2) is 46.0 Å². The fourth-order valence-electron chi connectivity index (χ4n) is 4.87. The molecule has 1 aromatic heterocycles. The van der Waals surface area contributed by atoms with Crippen molar-refractivity contribution in [2.24, 2.45) is 17.8 Å². The zero-order chi connectivity index (χ0) is 28.6. The van der Waals surface area contributed by atoms with Crippen molar-refractivity contribution >= 4 is 64.0 Å². The van der Waals surface area contributed by atoms with Gasteiger partial charge in [0.2, 0.25) is 0 Å². The van der Waals surface area contributed by atoms with Crippen LogP contribution in [0.2, 0.25) is 10.0 Å². The smallest absolute Gasteiger partial charge is 0.353 e. The van der Waals surface area contributed by atoms with Crippen LogP contribution in [0, 0.1) is 17.8 Å². The van der Waals surface area contributed by atoms with Gasteiger partial charge < -0.3 is 4.74 Å². The summed E-state index contributed by atoms with van der Waals surface area (Å²) in [5, 5.41) is 3.77. The summed E-state index contributed by atoms with van der Waals surface area (Å²) in [6.45, 7) is 1.25. The molecule has 3 aromatic rings. The van der Waals surface area contributed by atoms with Crippen LogP contribution in [0.5, 0.6) is 5.75 Å². The molecule has 1 saturated heterocycles. The molecule has 1 fully saturated rings. The number of fused-ring (bicyclic) bond motifs is 1. The van der Waals surface area contributed by atoms with Gasteiger partial charge in [0.15, 0.2) is 5.78 Å². The molecule has 0 unspecified atom stereocenters. The van der Waals surface area contributed by atoms with Gasteiger partial charge in [-0.3, -0.25) is 19.2 Å². The first kappa shape index (κ1) is 27.8. The number of amides is 3. The lowest BCUT2D eigenvalue weighted by Gasteiger charge is -2.30. The van der Waals surface area contributed by atoms with Crippen LogP contribution in [0.25, 0.3) is 0 Å². The molecule has 1 aliphatic carbocycles. The van der Waals surface area contributed by atoms with Crippen LogP contribution >= 0.6 is 34.5 Å².